The van der Waals surface area contributed by atoms with E-state index < -0.39 is 0 Å². The van der Waals surface area contributed by atoms with Crippen LogP contribution in [-0.2, 0) is 4.79 Å². The van der Waals surface area contributed by atoms with Gasteiger partial charge in [0.1, 0.15) is 6.04 Å². The number of carbonyl (C=O) groups excluding carboxylic acids is 3. The van der Waals surface area contributed by atoms with Gasteiger partial charge in [-0.25, -0.2) is 9.69 Å². The lowest BCUT2D eigenvalue weighted by molar-refractivity contribution is -0.120. The maximum absolute atomic E-state index is 12.7. The van der Waals surface area contributed by atoms with Gasteiger partial charge in [0, 0.05) is 26.2 Å². The molecule has 1 aromatic carbocycles. The molecule has 3 rings (SSSR count). The molecule has 0 bridgehead atoms. The molecule has 1 atom stereocenters. The van der Waals surface area contributed by atoms with Gasteiger partial charge in [0.2, 0.25) is 0 Å². The van der Waals surface area contributed by atoms with Gasteiger partial charge in [-0.05, 0) is 43.9 Å². The highest BCUT2D eigenvalue weighted by atomic mass is 16.2. The van der Waals surface area contributed by atoms with Gasteiger partial charge in [0.25, 0.3) is 11.8 Å². The molecule has 4 amide bonds. The Morgan fingerprint density at radius 1 is 1.22 bits per heavy atom. The first-order chi connectivity index (χ1) is 10.9. The van der Waals surface area contributed by atoms with E-state index in [0.717, 1.165) is 24.8 Å². The molecule has 0 radical (unpaired) electrons. The monoisotopic (exact) mass is 315 g/mol. The molecule has 6 heteroatoms. The second-order valence-corrected chi connectivity index (χ2v) is 6.36. The lowest BCUT2D eigenvalue weighted by Gasteiger charge is -2.26. The number of amides is 4. The Morgan fingerprint density at radius 2 is 1.96 bits per heavy atom. The number of carbonyl (C=O) groups is 3. The van der Waals surface area contributed by atoms with Crippen molar-refractivity contribution in [2.75, 3.05) is 25.5 Å². The molecular formula is C17H21N3O3. The molecule has 1 aromatic rings. The molecule has 0 N–H and O–H groups in total. The zero-order chi connectivity index (χ0) is 16.7. The third-order valence-electron chi connectivity index (χ3n) is 4.55. The van der Waals surface area contributed by atoms with Gasteiger partial charge in [-0.15, -0.1) is 0 Å². The van der Waals surface area contributed by atoms with Crippen LogP contribution >= 0.6 is 0 Å². The van der Waals surface area contributed by atoms with Crippen molar-refractivity contribution in [3.05, 3.63) is 29.3 Å². The number of benzene rings is 1. The number of fused-ring (bicyclic) bond motifs is 1. The first-order valence-electron chi connectivity index (χ1n) is 7.88. The third-order valence-corrected chi connectivity index (χ3v) is 4.55. The maximum Gasteiger partial charge on any atom is 0.332 e. The molecule has 122 valence electrons. The van der Waals surface area contributed by atoms with Crippen LogP contribution in [-0.4, -0.2) is 54.3 Å². The van der Waals surface area contributed by atoms with Crippen LogP contribution in [0.5, 0.6) is 0 Å². The van der Waals surface area contributed by atoms with Crippen LogP contribution in [0, 0.1) is 6.92 Å². The van der Waals surface area contributed by atoms with Gasteiger partial charge in [0.05, 0.1) is 5.69 Å². The molecule has 0 aliphatic carbocycles. The normalized spacial score (nSPS) is 20.7. The van der Waals surface area contributed by atoms with E-state index in [1.807, 2.05) is 6.92 Å². The van der Waals surface area contributed by atoms with Crippen LogP contribution in [0.4, 0.5) is 10.5 Å². The van der Waals surface area contributed by atoms with Gasteiger partial charge >= 0.3 is 6.03 Å². The molecule has 2 fully saturated rings. The summed E-state index contributed by atoms with van der Waals surface area (Å²) in [6, 6.07) is 4.54. The number of piperidine rings is 1. The number of nitrogens with zero attached hydrogens (tertiary/aromatic N) is 3. The SMILES string of the molecule is Cc1ccc(C(=O)N(C)C)cc1N1C(=O)C2CCCCN2C1=O. The standard InChI is InChI=1S/C17H21N3O3/c1-11-7-8-12(15(21)18(2)3)10-14(11)20-16(22)13-6-4-5-9-19(13)17(20)23/h7-8,10,13H,4-6,9H2,1-3H3. The van der Waals surface area contributed by atoms with E-state index in [1.54, 1.807) is 37.2 Å². The van der Waals surface area contributed by atoms with Crippen LogP contribution in [0.25, 0.3) is 0 Å². The minimum Gasteiger partial charge on any atom is -0.345 e. The Morgan fingerprint density at radius 3 is 2.61 bits per heavy atom. The van der Waals surface area contributed by atoms with E-state index in [4.69, 9.17) is 0 Å². The van der Waals surface area contributed by atoms with Crippen molar-refractivity contribution < 1.29 is 14.4 Å². The summed E-state index contributed by atoms with van der Waals surface area (Å²) >= 11 is 0. The Labute approximate surface area is 135 Å². The second kappa shape index (κ2) is 5.68. The largest absolute Gasteiger partial charge is 0.345 e. The number of hydrogen-bond donors (Lipinski definition) is 0. The zero-order valence-corrected chi connectivity index (χ0v) is 13.7. The van der Waals surface area contributed by atoms with Crippen molar-refractivity contribution in [2.45, 2.75) is 32.2 Å². The summed E-state index contributed by atoms with van der Waals surface area (Å²) in [5.41, 5.74) is 1.80. The molecule has 0 saturated carbocycles. The lowest BCUT2D eigenvalue weighted by Crippen LogP contribution is -2.39. The minimum atomic E-state index is -0.344. The average molecular weight is 315 g/mol. The highest BCUT2D eigenvalue weighted by molar-refractivity contribution is 6.22. The topological polar surface area (TPSA) is 60.9 Å². The maximum atomic E-state index is 12.7. The summed E-state index contributed by atoms with van der Waals surface area (Å²) in [4.78, 5) is 41.9. The van der Waals surface area contributed by atoms with Crippen molar-refractivity contribution in [2.24, 2.45) is 0 Å². The van der Waals surface area contributed by atoms with Crippen molar-refractivity contribution in [1.82, 2.24) is 9.80 Å². The second-order valence-electron chi connectivity index (χ2n) is 6.36. The Bertz CT molecular complexity index is 660. The zero-order valence-electron chi connectivity index (χ0n) is 13.7. The highest BCUT2D eigenvalue weighted by Gasteiger charge is 2.47. The molecule has 2 aliphatic rings. The van der Waals surface area contributed by atoms with E-state index >= 15 is 0 Å². The quantitative estimate of drug-likeness (QED) is 0.785. The molecule has 1 unspecified atom stereocenters. The van der Waals surface area contributed by atoms with Crippen molar-refractivity contribution in [3.63, 3.8) is 0 Å². The molecule has 6 nitrogen and oxygen atoms in total. The Hall–Kier alpha value is -2.37. The van der Waals surface area contributed by atoms with E-state index in [1.165, 1.54) is 9.80 Å². The van der Waals surface area contributed by atoms with Gasteiger partial charge in [0.15, 0.2) is 0 Å². The van der Waals surface area contributed by atoms with E-state index in [9.17, 15) is 14.4 Å². The van der Waals surface area contributed by atoms with Crippen molar-refractivity contribution in [3.8, 4) is 0 Å². The fourth-order valence-corrected chi connectivity index (χ4v) is 3.25. The fourth-order valence-electron chi connectivity index (χ4n) is 3.25. The molecular weight excluding hydrogens is 294 g/mol. The van der Waals surface area contributed by atoms with Crippen LogP contribution in [0.15, 0.2) is 18.2 Å². The third kappa shape index (κ3) is 2.48. The number of aryl methyl sites for hydroxylation is 1. The molecule has 0 aromatic heterocycles. The summed E-state index contributed by atoms with van der Waals surface area (Å²) in [6.45, 7) is 2.47. The molecule has 2 aliphatic heterocycles. The van der Waals surface area contributed by atoms with Crippen molar-refractivity contribution in [1.29, 1.82) is 0 Å². The van der Waals surface area contributed by atoms with E-state index in [2.05, 4.69) is 0 Å². The summed E-state index contributed by atoms with van der Waals surface area (Å²) in [7, 11) is 3.35. The fraction of sp³-hybridized carbons (Fsp3) is 0.471. The highest BCUT2D eigenvalue weighted by Crippen LogP contribution is 2.32. The summed E-state index contributed by atoms with van der Waals surface area (Å²) in [6.07, 6.45) is 2.62. The van der Waals surface area contributed by atoms with Crippen LogP contribution < -0.4 is 4.90 Å². The summed E-state index contributed by atoms with van der Waals surface area (Å²) < 4.78 is 0. The number of anilines is 1. The molecule has 2 saturated heterocycles. The number of hydrogen-bond acceptors (Lipinski definition) is 3. The van der Waals surface area contributed by atoms with Gasteiger partial charge in [-0.1, -0.05) is 6.07 Å². The van der Waals surface area contributed by atoms with Crippen LogP contribution in [0.2, 0.25) is 0 Å². The Balaban J connectivity index is 2.01. The van der Waals surface area contributed by atoms with Crippen molar-refractivity contribution >= 4 is 23.5 Å². The first kappa shape index (κ1) is 15.5. The molecule has 2 heterocycles. The Kier molecular flexibility index (Phi) is 3.83. The van der Waals surface area contributed by atoms with Crippen LogP contribution in [0.1, 0.15) is 35.2 Å². The predicted molar refractivity (Wildman–Crippen MR) is 86.4 cm³/mol. The van der Waals surface area contributed by atoms with Gasteiger partial charge < -0.3 is 9.80 Å². The minimum absolute atomic E-state index is 0.150. The molecule has 23 heavy (non-hydrogen) atoms. The average Bonchev–Trinajstić information content (AvgIpc) is 2.79. The van der Waals surface area contributed by atoms with E-state index in [-0.39, 0.29) is 23.9 Å². The lowest BCUT2D eigenvalue weighted by atomic mass is 10.0. The summed E-state index contributed by atoms with van der Waals surface area (Å²) in [5.74, 6) is -0.324. The van der Waals surface area contributed by atoms with Gasteiger partial charge in [-0.3, -0.25) is 9.59 Å². The smallest absolute Gasteiger partial charge is 0.332 e. The van der Waals surface area contributed by atoms with Crippen LogP contribution in [0.3, 0.4) is 0 Å². The number of imide groups is 1. The summed E-state index contributed by atoms with van der Waals surface area (Å²) in [5, 5.41) is 0. The van der Waals surface area contributed by atoms with Gasteiger partial charge in [-0.2, -0.15) is 0 Å². The number of urea groups is 1. The molecule has 0 spiro atoms. The number of rotatable bonds is 2. The first-order valence-corrected chi connectivity index (χ1v) is 7.88. The predicted octanol–water partition coefficient (Wildman–Crippen LogP) is 2.02. The van der Waals surface area contributed by atoms with E-state index in [0.29, 0.717) is 17.8 Å².